The fraction of sp³-hybridized carbons (Fsp3) is 0.406. The Morgan fingerprint density at radius 3 is 2.15 bits per heavy atom. The number of carbonyl (C=O) groups excluding carboxylic acids is 1. The van der Waals surface area contributed by atoms with Crippen LogP contribution >= 0.6 is 0 Å². The van der Waals surface area contributed by atoms with Crippen molar-refractivity contribution in [2.24, 2.45) is 10.9 Å². The molecule has 47 heavy (non-hydrogen) atoms. The highest BCUT2D eigenvalue weighted by Crippen LogP contribution is 2.52. The Kier molecular flexibility index (Phi) is 10.6. The van der Waals surface area contributed by atoms with Gasteiger partial charge in [0.1, 0.15) is 11.5 Å². The zero-order valence-electron chi connectivity index (χ0n) is 25.2. The van der Waals surface area contributed by atoms with Crippen molar-refractivity contribution < 1.29 is 49.8 Å². The molecule has 2 saturated carbocycles. The molecule has 2 aliphatic rings. The van der Waals surface area contributed by atoms with Gasteiger partial charge in [0.05, 0.1) is 6.04 Å². The lowest BCUT2D eigenvalue weighted by atomic mass is 9.87. The van der Waals surface area contributed by atoms with E-state index in [1.807, 2.05) is 0 Å². The third-order valence-electron chi connectivity index (χ3n) is 7.68. The summed E-state index contributed by atoms with van der Waals surface area (Å²) in [6, 6.07) is 8.42. The van der Waals surface area contributed by atoms with Crippen LogP contribution in [0.1, 0.15) is 58.8 Å². The molecule has 2 aromatic carbocycles. The number of nitrogens with zero attached hydrogens (tertiary/aromatic N) is 2. The van der Waals surface area contributed by atoms with Gasteiger partial charge in [0.15, 0.2) is 5.82 Å². The molecule has 5 rings (SSSR count). The van der Waals surface area contributed by atoms with E-state index in [0.29, 0.717) is 24.1 Å². The number of nitrogen functional groups attached to an aromatic ring is 1. The van der Waals surface area contributed by atoms with Gasteiger partial charge in [-0.25, -0.2) is 13.8 Å². The van der Waals surface area contributed by atoms with Gasteiger partial charge in [0.25, 0.3) is 11.5 Å². The molecule has 7 nitrogen and oxygen atoms in total. The van der Waals surface area contributed by atoms with E-state index in [1.165, 1.54) is 18.2 Å². The van der Waals surface area contributed by atoms with E-state index in [1.54, 1.807) is 20.4 Å². The van der Waals surface area contributed by atoms with Crippen molar-refractivity contribution in [2.45, 2.75) is 55.6 Å². The Hall–Kier alpha value is -4.11. The molecule has 4 N–H and O–H groups in total. The van der Waals surface area contributed by atoms with E-state index in [-0.39, 0.29) is 35.7 Å². The normalized spacial score (nSPS) is 16.1. The number of nitrogens with one attached hydrogen (secondary N) is 1. The number of amides is 1. The summed E-state index contributed by atoms with van der Waals surface area (Å²) in [4.78, 5) is 21.5. The number of nitrogens with two attached hydrogens (primary N) is 1. The van der Waals surface area contributed by atoms with E-state index < -0.39 is 58.4 Å². The summed E-state index contributed by atoms with van der Waals surface area (Å²) in [5.74, 6) is -4.75. The van der Waals surface area contributed by atoms with E-state index in [9.17, 15) is 40.6 Å². The van der Waals surface area contributed by atoms with Crippen LogP contribution in [0, 0.1) is 17.6 Å². The summed E-state index contributed by atoms with van der Waals surface area (Å²) in [6.45, 7) is -0.281. The second-order valence-electron chi connectivity index (χ2n) is 11.4. The third kappa shape index (κ3) is 8.07. The number of hydrogen-bond donors (Lipinski definition) is 3. The first-order valence-corrected chi connectivity index (χ1v) is 14.5. The highest BCUT2D eigenvalue weighted by molar-refractivity contribution is 5.98. The van der Waals surface area contributed by atoms with Crippen molar-refractivity contribution in [1.29, 1.82) is 0 Å². The number of methoxy groups -OCH3 is 1. The summed E-state index contributed by atoms with van der Waals surface area (Å²) in [5, 5.41) is 12.8. The number of aliphatic imine (C=N–C) groups is 1. The molecule has 3 aromatic rings. The smallest absolute Gasteiger partial charge is 0.398 e. The minimum atomic E-state index is -6.37. The summed E-state index contributed by atoms with van der Waals surface area (Å²) in [6.07, 6.45) is -8.27. The Morgan fingerprint density at radius 2 is 1.62 bits per heavy atom. The summed E-state index contributed by atoms with van der Waals surface area (Å²) in [5.41, 5.74) is -2.35. The Balaban J connectivity index is 0.00000160. The number of carbonyl (C=O) groups is 1. The second kappa shape index (κ2) is 13.9. The van der Waals surface area contributed by atoms with Crippen molar-refractivity contribution in [3.05, 3.63) is 82.5 Å². The minimum Gasteiger partial charge on any atom is -0.398 e. The van der Waals surface area contributed by atoms with Crippen LogP contribution in [0.5, 0.6) is 0 Å². The molecule has 1 heterocycles. The van der Waals surface area contributed by atoms with E-state index >= 15 is 4.39 Å². The highest BCUT2D eigenvalue weighted by atomic mass is 19.4. The largest absolute Gasteiger partial charge is 0.430 e. The standard InChI is InChI=1S/C30H26F8N4O2.C2H6O/c31-19-6-3-16(4-7-19)26-25(32)22(28(44,29(33,34)35)30(36,37)38)12-24(42-26)21(15-1-2-15)14-41-27(43)17-5-10-23(39)18(11-17)13-40-20-8-9-20;1-3-2/h3-7,10-13,15,20-21,44H,1-2,8-9,14,39H2,(H,41,43);1-2H3. The van der Waals surface area contributed by atoms with Crippen LogP contribution in [-0.4, -0.2) is 61.4 Å². The Morgan fingerprint density at radius 1 is 1.02 bits per heavy atom. The van der Waals surface area contributed by atoms with Crippen molar-refractivity contribution in [1.82, 2.24) is 10.3 Å². The fourth-order valence-corrected chi connectivity index (χ4v) is 4.82. The van der Waals surface area contributed by atoms with E-state index in [2.05, 4.69) is 20.0 Å². The molecule has 1 unspecified atom stereocenters. The van der Waals surface area contributed by atoms with E-state index in [4.69, 9.17) is 5.73 Å². The average molecular weight is 673 g/mol. The van der Waals surface area contributed by atoms with Crippen LogP contribution in [0.25, 0.3) is 11.3 Å². The second-order valence-corrected chi connectivity index (χ2v) is 11.4. The van der Waals surface area contributed by atoms with Crippen LogP contribution in [0.4, 0.5) is 40.8 Å². The van der Waals surface area contributed by atoms with Gasteiger partial charge in [0, 0.05) is 66.5 Å². The van der Waals surface area contributed by atoms with Gasteiger partial charge < -0.3 is 20.9 Å². The molecule has 15 heteroatoms. The number of benzene rings is 2. The van der Waals surface area contributed by atoms with Gasteiger partial charge in [-0.1, -0.05) is 0 Å². The lowest BCUT2D eigenvalue weighted by molar-refractivity contribution is -0.377. The zero-order chi connectivity index (χ0) is 34.7. The molecule has 1 amide bonds. The lowest BCUT2D eigenvalue weighted by Crippen LogP contribution is -2.54. The molecule has 1 aromatic heterocycles. The molecule has 0 radical (unpaired) electrons. The summed E-state index contributed by atoms with van der Waals surface area (Å²) < 4.78 is 117. The maximum atomic E-state index is 15.6. The van der Waals surface area contributed by atoms with Gasteiger partial charge in [0.2, 0.25) is 0 Å². The monoisotopic (exact) mass is 672 g/mol. The number of alkyl halides is 6. The van der Waals surface area contributed by atoms with Crippen LogP contribution in [0.2, 0.25) is 0 Å². The molecule has 0 aliphatic heterocycles. The molecular weight excluding hydrogens is 640 g/mol. The SMILES string of the molecule is COC.Nc1ccc(C(=O)NCC(c2cc(C(O)(C(F)(F)F)C(F)(F)F)c(F)c(-c3ccc(F)cc3)n2)C2CC2)cc1C=NC1CC1. The molecule has 0 saturated heterocycles. The Labute approximate surface area is 264 Å². The number of anilines is 1. The van der Waals surface area contributed by atoms with Crippen LogP contribution in [0.15, 0.2) is 53.5 Å². The van der Waals surface area contributed by atoms with Crippen LogP contribution in [-0.2, 0) is 10.3 Å². The first kappa shape index (κ1) is 35.7. The summed E-state index contributed by atoms with van der Waals surface area (Å²) in [7, 11) is 3.25. The molecule has 2 aliphatic carbocycles. The summed E-state index contributed by atoms with van der Waals surface area (Å²) >= 11 is 0. The number of ether oxygens (including phenoxy) is 1. The number of halogens is 8. The number of aliphatic hydroxyl groups is 1. The zero-order valence-corrected chi connectivity index (χ0v) is 25.2. The molecule has 2 fully saturated rings. The van der Waals surface area contributed by atoms with E-state index in [0.717, 1.165) is 37.1 Å². The van der Waals surface area contributed by atoms with Gasteiger partial charge in [-0.2, -0.15) is 26.3 Å². The Bertz CT molecular complexity index is 1590. The van der Waals surface area contributed by atoms with Gasteiger partial charge >= 0.3 is 12.4 Å². The predicted octanol–water partition coefficient (Wildman–Crippen LogP) is 6.69. The van der Waals surface area contributed by atoms with Crippen molar-refractivity contribution in [3.8, 4) is 11.3 Å². The van der Waals surface area contributed by atoms with Crippen molar-refractivity contribution in [2.75, 3.05) is 26.5 Å². The van der Waals surface area contributed by atoms with Gasteiger partial charge in [-0.3, -0.25) is 9.79 Å². The average Bonchev–Trinajstić information content (AvgIpc) is 3.92. The quantitative estimate of drug-likeness (QED) is 0.133. The fourth-order valence-electron chi connectivity index (χ4n) is 4.82. The molecule has 254 valence electrons. The number of rotatable bonds is 9. The minimum absolute atomic E-state index is 0.175. The van der Waals surface area contributed by atoms with Crippen molar-refractivity contribution in [3.63, 3.8) is 0 Å². The predicted molar refractivity (Wildman–Crippen MR) is 158 cm³/mol. The number of aromatic nitrogens is 1. The molecule has 0 spiro atoms. The van der Waals surface area contributed by atoms with Gasteiger partial charge in [-0.15, -0.1) is 0 Å². The third-order valence-corrected chi connectivity index (χ3v) is 7.68. The number of pyridine rings is 1. The van der Waals surface area contributed by atoms with Crippen LogP contribution < -0.4 is 11.1 Å². The number of hydrogen-bond acceptors (Lipinski definition) is 6. The lowest BCUT2D eigenvalue weighted by Gasteiger charge is -2.33. The molecule has 1 atom stereocenters. The first-order valence-electron chi connectivity index (χ1n) is 14.5. The van der Waals surface area contributed by atoms with Crippen molar-refractivity contribution >= 4 is 17.8 Å². The molecule has 0 bridgehead atoms. The molecular formula is C32H32F8N4O3. The maximum Gasteiger partial charge on any atom is 0.430 e. The first-order chi connectivity index (χ1) is 22.0. The maximum absolute atomic E-state index is 15.6. The topological polar surface area (TPSA) is 110 Å². The van der Waals surface area contributed by atoms with Gasteiger partial charge in [-0.05, 0) is 80.1 Å². The highest BCUT2D eigenvalue weighted by Gasteiger charge is 2.72. The van der Waals surface area contributed by atoms with Crippen LogP contribution in [0.3, 0.4) is 0 Å².